The van der Waals surface area contributed by atoms with Gasteiger partial charge >= 0.3 is 0 Å². The molecule has 9 heteroatoms. The second-order valence-electron chi connectivity index (χ2n) is 4.53. The standard InChI is InChI=1S/C11H19ClN2O4S2/c1-3-5-10-13-11(20(12,17)18)9-14(10)6-8-19(15,16)7-4-2/h9H,3-8H2,1-2H3. The van der Waals surface area contributed by atoms with E-state index in [0.717, 1.165) is 6.42 Å². The van der Waals surface area contributed by atoms with E-state index >= 15 is 0 Å². The van der Waals surface area contributed by atoms with Gasteiger partial charge in [-0.15, -0.1) is 0 Å². The first-order valence-electron chi connectivity index (χ1n) is 6.40. The Balaban J connectivity index is 2.96. The summed E-state index contributed by atoms with van der Waals surface area (Å²) in [5.74, 6) is 0.639. The largest absolute Gasteiger partial charge is 0.332 e. The summed E-state index contributed by atoms with van der Waals surface area (Å²) in [6, 6.07) is 0. The number of nitrogens with zero attached hydrogens (tertiary/aromatic N) is 2. The van der Waals surface area contributed by atoms with Crippen molar-refractivity contribution in [3.05, 3.63) is 12.0 Å². The van der Waals surface area contributed by atoms with E-state index in [4.69, 9.17) is 10.7 Å². The summed E-state index contributed by atoms with van der Waals surface area (Å²) < 4.78 is 47.5. The summed E-state index contributed by atoms with van der Waals surface area (Å²) in [5, 5.41) is -0.226. The fourth-order valence-electron chi connectivity index (χ4n) is 1.81. The van der Waals surface area contributed by atoms with E-state index in [0.29, 0.717) is 18.7 Å². The molecule has 0 aromatic carbocycles. The Morgan fingerprint density at radius 3 is 2.30 bits per heavy atom. The summed E-state index contributed by atoms with van der Waals surface area (Å²) >= 11 is 0. The molecule has 1 rings (SSSR count). The van der Waals surface area contributed by atoms with Crippen LogP contribution >= 0.6 is 10.7 Å². The lowest BCUT2D eigenvalue weighted by atomic mass is 10.3. The molecule has 0 atom stereocenters. The van der Waals surface area contributed by atoms with Crippen LogP contribution in [0.4, 0.5) is 0 Å². The van der Waals surface area contributed by atoms with Gasteiger partial charge in [-0.25, -0.2) is 21.8 Å². The van der Waals surface area contributed by atoms with E-state index in [-0.39, 0.29) is 23.1 Å². The average molecular weight is 343 g/mol. The number of sulfone groups is 1. The minimum absolute atomic E-state index is 0.0321. The maximum Gasteiger partial charge on any atom is 0.280 e. The second kappa shape index (κ2) is 6.91. The van der Waals surface area contributed by atoms with Crippen LogP contribution in [0.25, 0.3) is 0 Å². The van der Waals surface area contributed by atoms with Crippen LogP contribution in [0.1, 0.15) is 32.5 Å². The molecule has 0 unspecified atom stereocenters. The van der Waals surface area contributed by atoms with Gasteiger partial charge in [0, 0.05) is 35.6 Å². The predicted octanol–water partition coefficient (Wildman–Crippen LogP) is 1.59. The zero-order valence-electron chi connectivity index (χ0n) is 11.5. The van der Waals surface area contributed by atoms with Crippen molar-refractivity contribution in [3.63, 3.8) is 0 Å². The number of aromatic nitrogens is 2. The Morgan fingerprint density at radius 2 is 1.80 bits per heavy atom. The molecule has 0 aliphatic rings. The SMILES string of the molecule is CCCc1nc(S(=O)(=O)Cl)cn1CCS(=O)(=O)CCC. The van der Waals surface area contributed by atoms with Crippen LogP contribution in [0.2, 0.25) is 0 Å². The molecule has 0 radical (unpaired) electrons. The number of hydrogen-bond donors (Lipinski definition) is 0. The molecule has 116 valence electrons. The molecule has 1 aromatic heterocycles. The highest BCUT2D eigenvalue weighted by molar-refractivity contribution is 8.13. The van der Waals surface area contributed by atoms with E-state index in [1.165, 1.54) is 6.20 Å². The predicted molar refractivity (Wildman–Crippen MR) is 78.2 cm³/mol. The van der Waals surface area contributed by atoms with Gasteiger partial charge in [-0.05, 0) is 12.8 Å². The molecule has 0 saturated carbocycles. The first kappa shape index (κ1) is 17.5. The van der Waals surface area contributed by atoms with Crippen LogP contribution in [-0.2, 0) is 31.9 Å². The summed E-state index contributed by atoms with van der Waals surface area (Å²) in [6.07, 6.45) is 3.21. The lowest BCUT2D eigenvalue weighted by Gasteiger charge is -2.07. The van der Waals surface area contributed by atoms with Crippen molar-refractivity contribution in [2.24, 2.45) is 0 Å². The average Bonchev–Trinajstić information content (AvgIpc) is 2.70. The molecule has 0 saturated heterocycles. The number of halogens is 1. The molecule has 0 aliphatic carbocycles. The maximum atomic E-state index is 11.7. The number of aryl methyl sites for hydroxylation is 2. The molecule has 20 heavy (non-hydrogen) atoms. The van der Waals surface area contributed by atoms with Gasteiger partial charge in [-0.2, -0.15) is 0 Å². The van der Waals surface area contributed by atoms with Crippen LogP contribution < -0.4 is 0 Å². The quantitative estimate of drug-likeness (QED) is 0.669. The third-order valence-corrected chi connectivity index (χ3v) is 5.72. The molecule has 0 amide bonds. The van der Waals surface area contributed by atoms with E-state index in [1.54, 1.807) is 11.5 Å². The van der Waals surface area contributed by atoms with Crippen molar-refractivity contribution in [2.75, 3.05) is 11.5 Å². The lowest BCUT2D eigenvalue weighted by molar-refractivity contribution is 0.584. The fraction of sp³-hybridized carbons (Fsp3) is 0.727. The minimum Gasteiger partial charge on any atom is -0.332 e. The Labute approximate surface area is 124 Å². The topological polar surface area (TPSA) is 86.1 Å². The number of imidazole rings is 1. The van der Waals surface area contributed by atoms with Crippen LogP contribution in [0.3, 0.4) is 0 Å². The Morgan fingerprint density at radius 1 is 1.15 bits per heavy atom. The molecule has 1 aromatic rings. The summed E-state index contributed by atoms with van der Waals surface area (Å²) in [4.78, 5) is 3.97. The first-order chi connectivity index (χ1) is 9.19. The van der Waals surface area contributed by atoms with Crippen molar-refractivity contribution >= 4 is 29.6 Å². The first-order valence-corrected chi connectivity index (χ1v) is 10.5. The van der Waals surface area contributed by atoms with E-state index in [1.807, 2.05) is 6.92 Å². The highest BCUT2D eigenvalue weighted by atomic mass is 35.7. The number of hydrogen-bond acceptors (Lipinski definition) is 5. The Hall–Kier alpha value is -0.600. The zero-order chi connectivity index (χ0) is 15.4. The second-order valence-corrected chi connectivity index (χ2v) is 9.34. The van der Waals surface area contributed by atoms with Gasteiger partial charge in [0.05, 0.1) is 5.75 Å². The summed E-state index contributed by atoms with van der Waals surface area (Å²) in [5.41, 5.74) is 0. The summed E-state index contributed by atoms with van der Waals surface area (Å²) in [7, 11) is -1.75. The smallest absolute Gasteiger partial charge is 0.280 e. The Kier molecular flexibility index (Phi) is 6.03. The van der Waals surface area contributed by atoms with E-state index < -0.39 is 18.9 Å². The van der Waals surface area contributed by atoms with Crippen molar-refractivity contribution in [1.29, 1.82) is 0 Å². The molecular formula is C11H19ClN2O4S2. The molecule has 0 bridgehead atoms. The third-order valence-electron chi connectivity index (χ3n) is 2.72. The van der Waals surface area contributed by atoms with E-state index in [2.05, 4.69) is 4.98 Å². The van der Waals surface area contributed by atoms with E-state index in [9.17, 15) is 16.8 Å². The minimum atomic E-state index is -3.90. The van der Waals surface area contributed by atoms with Crippen LogP contribution in [0, 0.1) is 0 Å². The van der Waals surface area contributed by atoms with Gasteiger partial charge in [-0.3, -0.25) is 0 Å². The van der Waals surface area contributed by atoms with Crippen LogP contribution in [0.15, 0.2) is 11.2 Å². The van der Waals surface area contributed by atoms with Crippen LogP contribution in [-0.4, -0.2) is 37.9 Å². The van der Waals surface area contributed by atoms with Gasteiger partial charge < -0.3 is 4.57 Å². The maximum absolute atomic E-state index is 11.7. The highest BCUT2D eigenvalue weighted by Gasteiger charge is 2.18. The third kappa shape index (κ3) is 5.06. The van der Waals surface area contributed by atoms with Gasteiger partial charge in [0.1, 0.15) is 5.82 Å². The van der Waals surface area contributed by atoms with Crippen molar-refractivity contribution in [2.45, 2.75) is 44.7 Å². The normalized spacial score (nSPS) is 12.8. The molecule has 6 nitrogen and oxygen atoms in total. The molecule has 0 spiro atoms. The number of rotatable bonds is 8. The van der Waals surface area contributed by atoms with Crippen LogP contribution in [0.5, 0.6) is 0 Å². The molecule has 0 aliphatic heterocycles. The fourth-order valence-corrected chi connectivity index (χ4v) is 3.80. The van der Waals surface area contributed by atoms with Crippen molar-refractivity contribution in [3.8, 4) is 0 Å². The van der Waals surface area contributed by atoms with Gasteiger partial charge in [-0.1, -0.05) is 13.8 Å². The highest BCUT2D eigenvalue weighted by Crippen LogP contribution is 2.16. The monoisotopic (exact) mass is 342 g/mol. The van der Waals surface area contributed by atoms with Crippen molar-refractivity contribution < 1.29 is 16.8 Å². The Bertz CT molecular complexity index is 650. The van der Waals surface area contributed by atoms with Gasteiger partial charge in [0.25, 0.3) is 9.05 Å². The zero-order valence-corrected chi connectivity index (χ0v) is 13.9. The van der Waals surface area contributed by atoms with Crippen molar-refractivity contribution in [1.82, 2.24) is 9.55 Å². The molecule has 0 fully saturated rings. The van der Waals surface area contributed by atoms with Gasteiger partial charge in [0.2, 0.25) is 0 Å². The molecular weight excluding hydrogens is 324 g/mol. The molecule has 1 heterocycles. The van der Waals surface area contributed by atoms with Gasteiger partial charge in [0.15, 0.2) is 14.9 Å². The lowest BCUT2D eigenvalue weighted by Crippen LogP contribution is -2.16. The summed E-state index contributed by atoms with van der Waals surface area (Å²) in [6.45, 7) is 3.92. The molecule has 0 N–H and O–H groups in total.